The summed E-state index contributed by atoms with van der Waals surface area (Å²) in [6.45, 7) is 10.3. The summed E-state index contributed by atoms with van der Waals surface area (Å²) in [6, 6.07) is 0. The number of hydrogen-bond acceptors (Lipinski definition) is 4. The highest BCUT2D eigenvalue weighted by Crippen LogP contribution is 2.20. The van der Waals surface area contributed by atoms with Crippen molar-refractivity contribution in [2.45, 2.75) is 34.2 Å². The van der Waals surface area contributed by atoms with Gasteiger partial charge in [0.05, 0.1) is 35.5 Å². The SMILES string of the molecule is CCOC(=O)N1CCN(C(=O)C(C)Cn2nc(C)c(Cl)c2C)CC1. The van der Waals surface area contributed by atoms with Crippen molar-refractivity contribution in [2.24, 2.45) is 5.92 Å². The molecule has 0 aliphatic carbocycles. The molecule has 1 fully saturated rings. The Morgan fingerprint density at radius 3 is 2.29 bits per heavy atom. The van der Waals surface area contributed by atoms with Crippen LogP contribution in [0.15, 0.2) is 0 Å². The number of halogens is 1. The average Bonchev–Trinajstić information content (AvgIpc) is 2.81. The zero-order chi connectivity index (χ0) is 17.9. The van der Waals surface area contributed by atoms with Gasteiger partial charge in [-0.3, -0.25) is 9.48 Å². The van der Waals surface area contributed by atoms with E-state index in [1.807, 2.05) is 20.8 Å². The highest BCUT2D eigenvalue weighted by molar-refractivity contribution is 6.31. The third-order valence-corrected chi connectivity index (χ3v) is 4.83. The van der Waals surface area contributed by atoms with Crippen LogP contribution in [0, 0.1) is 19.8 Å². The topological polar surface area (TPSA) is 67.7 Å². The third kappa shape index (κ3) is 4.01. The molecule has 2 rings (SSSR count). The van der Waals surface area contributed by atoms with Crippen molar-refractivity contribution in [1.82, 2.24) is 19.6 Å². The van der Waals surface area contributed by atoms with Crippen LogP contribution in [0.3, 0.4) is 0 Å². The molecule has 0 saturated carbocycles. The van der Waals surface area contributed by atoms with Crippen LogP contribution in [0.1, 0.15) is 25.2 Å². The summed E-state index contributed by atoms with van der Waals surface area (Å²) in [6.07, 6.45) is -0.310. The van der Waals surface area contributed by atoms with Gasteiger partial charge in [0.2, 0.25) is 5.91 Å². The van der Waals surface area contributed by atoms with Crippen molar-refractivity contribution in [1.29, 1.82) is 0 Å². The molecule has 0 spiro atoms. The smallest absolute Gasteiger partial charge is 0.409 e. The molecule has 8 heteroatoms. The molecule has 7 nitrogen and oxygen atoms in total. The minimum Gasteiger partial charge on any atom is -0.450 e. The molecule has 0 radical (unpaired) electrons. The fraction of sp³-hybridized carbons (Fsp3) is 0.688. The van der Waals surface area contributed by atoms with E-state index in [9.17, 15) is 9.59 Å². The largest absolute Gasteiger partial charge is 0.450 e. The number of ether oxygens (including phenoxy) is 1. The van der Waals surface area contributed by atoms with Crippen molar-refractivity contribution in [3.8, 4) is 0 Å². The summed E-state index contributed by atoms with van der Waals surface area (Å²) >= 11 is 6.15. The van der Waals surface area contributed by atoms with E-state index >= 15 is 0 Å². The zero-order valence-corrected chi connectivity index (χ0v) is 15.5. The number of rotatable bonds is 4. The van der Waals surface area contributed by atoms with Crippen LogP contribution in [-0.4, -0.2) is 64.4 Å². The summed E-state index contributed by atoms with van der Waals surface area (Å²) in [4.78, 5) is 27.8. The van der Waals surface area contributed by atoms with E-state index in [4.69, 9.17) is 16.3 Å². The number of hydrogen-bond donors (Lipinski definition) is 0. The highest BCUT2D eigenvalue weighted by atomic mass is 35.5. The Hall–Kier alpha value is -1.76. The van der Waals surface area contributed by atoms with Crippen LogP contribution in [0.2, 0.25) is 5.02 Å². The number of carbonyl (C=O) groups excluding carboxylic acids is 2. The predicted molar refractivity (Wildman–Crippen MR) is 91.1 cm³/mol. The molecular weight excluding hydrogens is 332 g/mol. The van der Waals surface area contributed by atoms with Crippen LogP contribution in [0.4, 0.5) is 4.79 Å². The van der Waals surface area contributed by atoms with Gasteiger partial charge in [0, 0.05) is 26.2 Å². The summed E-state index contributed by atoms with van der Waals surface area (Å²) in [5, 5.41) is 5.03. The summed E-state index contributed by atoms with van der Waals surface area (Å²) in [7, 11) is 0. The van der Waals surface area contributed by atoms with Gasteiger partial charge in [-0.25, -0.2) is 4.79 Å². The predicted octanol–water partition coefficient (Wildman–Crippen LogP) is 2.09. The average molecular weight is 357 g/mol. The van der Waals surface area contributed by atoms with Gasteiger partial charge in [-0.15, -0.1) is 0 Å². The summed E-state index contributed by atoms with van der Waals surface area (Å²) in [5.74, 6) is -0.129. The fourth-order valence-electron chi connectivity index (χ4n) is 2.83. The molecular formula is C16H25ClN4O3. The molecule has 1 unspecified atom stereocenters. The van der Waals surface area contributed by atoms with E-state index in [-0.39, 0.29) is 17.9 Å². The van der Waals surface area contributed by atoms with Gasteiger partial charge in [-0.1, -0.05) is 18.5 Å². The molecule has 2 heterocycles. The summed E-state index contributed by atoms with van der Waals surface area (Å²) < 4.78 is 6.78. The lowest BCUT2D eigenvalue weighted by molar-refractivity contribution is -0.137. The molecule has 134 valence electrons. The lowest BCUT2D eigenvalue weighted by Gasteiger charge is -2.35. The Labute approximate surface area is 147 Å². The van der Waals surface area contributed by atoms with Gasteiger partial charge in [-0.05, 0) is 20.8 Å². The maximum atomic E-state index is 12.6. The number of aromatic nitrogens is 2. The van der Waals surface area contributed by atoms with Crippen molar-refractivity contribution in [3.05, 3.63) is 16.4 Å². The molecule has 24 heavy (non-hydrogen) atoms. The number of nitrogens with zero attached hydrogens (tertiary/aromatic N) is 4. The second kappa shape index (κ2) is 7.88. The van der Waals surface area contributed by atoms with E-state index < -0.39 is 0 Å². The van der Waals surface area contributed by atoms with Gasteiger partial charge in [0.25, 0.3) is 0 Å². The molecule has 1 aromatic rings. The van der Waals surface area contributed by atoms with Crippen LogP contribution >= 0.6 is 11.6 Å². The molecule has 0 bridgehead atoms. The molecule has 2 amide bonds. The van der Waals surface area contributed by atoms with Gasteiger partial charge in [0.15, 0.2) is 0 Å². The number of aryl methyl sites for hydroxylation is 1. The standard InChI is InChI=1S/C16H25ClN4O3/c1-5-24-16(23)20-8-6-19(7-9-20)15(22)11(2)10-21-13(4)14(17)12(3)18-21/h11H,5-10H2,1-4H3. The first-order valence-electron chi connectivity index (χ1n) is 8.25. The normalized spacial score (nSPS) is 16.2. The Bertz CT molecular complexity index is 609. The number of amides is 2. The molecule has 0 aromatic carbocycles. The van der Waals surface area contributed by atoms with Gasteiger partial charge >= 0.3 is 6.09 Å². The fourth-order valence-corrected chi connectivity index (χ4v) is 2.96. The van der Waals surface area contributed by atoms with Gasteiger partial charge in [0.1, 0.15) is 0 Å². The first kappa shape index (κ1) is 18.6. The maximum absolute atomic E-state index is 12.6. The molecule has 1 aromatic heterocycles. The first-order valence-corrected chi connectivity index (χ1v) is 8.62. The quantitative estimate of drug-likeness (QED) is 0.828. The zero-order valence-electron chi connectivity index (χ0n) is 14.7. The van der Waals surface area contributed by atoms with E-state index in [1.54, 1.807) is 21.4 Å². The number of piperazine rings is 1. The van der Waals surface area contributed by atoms with E-state index in [0.717, 1.165) is 11.4 Å². The van der Waals surface area contributed by atoms with Crippen molar-refractivity contribution in [3.63, 3.8) is 0 Å². The monoisotopic (exact) mass is 356 g/mol. The Balaban J connectivity index is 1.90. The van der Waals surface area contributed by atoms with Crippen molar-refractivity contribution >= 4 is 23.6 Å². The molecule has 0 N–H and O–H groups in total. The van der Waals surface area contributed by atoms with E-state index in [2.05, 4.69) is 5.10 Å². The minimum atomic E-state index is -0.310. The van der Waals surface area contributed by atoms with Crippen LogP contribution in [-0.2, 0) is 16.1 Å². The molecule has 1 aliphatic heterocycles. The van der Waals surface area contributed by atoms with Gasteiger partial charge < -0.3 is 14.5 Å². The highest BCUT2D eigenvalue weighted by Gasteiger charge is 2.28. The van der Waals surface area contributed by atoms with E-state index in [1.165, 1.54) is 0 Å². The Morgan fingerprint density at radius 1 is 1.21 bits per heavy atom. The Morgan fingerprint density at radius 2 is 1.79 bits per heavy atom. The minimum absolute atomic E-state index is 0.0715. The Kier molecular flexibility index (Phi) is 6.10. The van der Waals surface area contributed by atoms with Crippen LogP contribution in [0.25, 0.3) is 0 Å². The molecule has 1 atom stereocenters. The van der Waals surface area contributed by atoms with Crippen LogP contribution < -0.4 is 0 Å². The second-order valence-electron chi connectivity index (χ2n) is 6.08. The second-order valence-corrected chi connectivity index (χ2v) is 6.46. The van der Waals surface area contributed by atoms with Crippen molar-refractivity contribution < 1.29 is 14.3 Å². The van der Waals surface area contributed by atoms with E-state index in [0.29, 0.717) is 44.4 Å². The third-order valence-electron chi connectivity index (χ3n) is 4.28. The van der Waals surface area contributed by atoms with Crippen molar-refractivity contribution in [2.75, 3.05) is 32.8 Å². The maximum Gasteiger partial charge on any atom is 0.409 e. The molecule has 1 aliphatic rings. The lowest BCUT2D eigenvalue weighted by atomic mass is 10.1. The molecule has 1 saturated heterocycles. The lowest BCUT2D eigenvalue weighted by Crippen LogP contribution is -2.52. The first-order chi connectivity index (χ1) is 11.3. The van der Waals surface area contributed by atoms with Gasteiger partial charge in [-0.2, -0.15) is 5.10 Å². The van der Waals surface area contributed by atoms with Crippen LogP contribution in [0.5, 0.6) is 0 Å². The number of carbonyl (C=O) groups is 2. The summed E-state index contributed by atoms with van der Waals surface area (Å²) in [5.41, 5.74) is 1.65.